The van der Waals surface area contributed by atoms with Crippen molar-refractivity contribution in [1.29, 1.82) is 0 Å². The highest BCUT2D eigenvalue weighted by Crippen LogP contribution is 2.35. The Morgan fingerprint density at radius 2 is 1.88 bits per heavy atom. The van der Waals surface area contributed by atoms with E-state index in [1.165, 1.54) is 0 Å². The van der Waals surface area contributed by atoms with E-state index >= 15 is 0 Å². The van der Waals surface area contributed by atoms with Gasteiger partial charge in [-0.2, -0.15) is 13.2 Å². The predicted octanol–water partition coefficient (Wildman–Crippen LogP) is 2.26. The van der Waals surface area contributed by atoms with E-state index in [4.69, 9.17) is 4.74 Å². The van der Waals surface area contributed by atoms with Crippen molar-refractivity contribution in [1.82, 2.24) is 5.32 Å². The fourth-order valence-corrected chi connectivity index (χ4v) is 1.85. The van der Waals surface area contributed by atoms with E-state index < -0.39 is 29.7 Å². The molecular formula is C11H18F3NO2. The number of rotatable bonds is 1. The number of ether oxygens (including phenoxy) is 1. The third-order valence-electron chi connectivity index (χ3n) is 2.54. The number of hydrogen-bond acceptors (Lipinski definition) is 3. The average molecular weight is 253 g/mol. The zero-order chi connectivity index (χ0) is 13.3. The Morgan fingerprint density at radius 3 is 2.35 bits per heavy atom. The molecule has 0 aromatic carbocycles. The Kier molecular flexibility index (Phi) is 4.06. The molecule has 1 heterocycles. The van der Waals surface area contributed by atoms with Gasteiger partial charge in [-0.15, -0.1) is 0 Å². The van der Waals surface area contributed by atoms with Crippen LogP contribution < -0.4 is 5.32 Å². The lowest BCUT2D eigenvalue weighted by Gasteiger charge is -2.34. The molecule has 1 N–H and O–H groups in total. The number of piperidine rings is 1. The van der Waals surface area contributed by atoms with Crippen LogP contribution >= 0.6 is 0 Å². The highest BCUT2D eigenvalue weighted by molar-refractivity contribution is 5.76. The van der Waals surface area contributed by atoms with Gasteiger partial charge >= 0.3 is 12.1 Å². The molecule has 0 aliphatic carbocycles. The quantitative estimate of drug-likeness (QED) is 0.728. The summed E-state index contributed by atoms with van der Waals surface area (Å²) in [5.74, 6) is -2.47. The number of halogens is 3. The molecule has 1 aliphatic heterocycles. The number of carbonyl (C=O) groups is 1. The normalized spacial score (nSPS) is 26.7. The molecule has 1 saturated heterocycles. The topological polar surface area (TPSA) is 38.3 Å². The number of alkyl halides is 3. The zero-order valence-corrected chi connectivity index (χ0v) is 10.2. The second-order valence-corrected chi connectivity index (χ2v) is 5.26. The van der Waals surface area contributed by atoms with Crippen LogP contribution in [0.4, 0.5) is 13.2 Å². The summed E-state index contributed by atoms with van der Waals surface area (Å²) in [5.41, 5.74) is -0.771. The van der Waals surface area contributed by atoms with Crippen molar-refractivity contribution in [2.24, 2.45) is 5.92 Å². The zero-order valence-electron chi connectivity index (χ0n) is 10.2. The van der Waals surface area contributed by atoms with Gasteiger partial charge in [0.05, 0.1) is 5.92 Å². The second-order valence-electron chi connectivity index (χ2n) is 5.26. The monoisotopic (exact) mass is 253 g/mol. The molecule has 0 aromatic heterocycles. The van der Waals surface area contributed by atoms with E-state index in [0.717, 1.165) is 0 Å². The van der Waals surface area contributed by atoms with Crippen LogP contribution in [0.15, 0.2) is 0 Å². The molecule has 0 saturated carbocycles. The maximum absolute atomic E-state index is 12.7. The van der Waals surface area contributed by atoms with Crippen LogP contribution in [0.25, 0.3) is 0 Å². The summed E-state index contributed by atoms with van der Waals surface area (Å²) in [6, 6.07) is -1.28. The molecular weight excluding hydrogens is 235 g/mol. The maximum atomic E-state index is 12.7. The molecule has 0 radical (unpaired) electrons. The van der Waals surface area contributed by atoms with E-state index in [2.05, 4.69) is 5.32 Å². The molecule has 100 valence electrons. The van der Waals surface area contributed by atoms with Crippen LogP contribution in [0.2, 0.25) is 0 Å². The first-order valence-electron chi connectivity index (χ1n) is 5.64. The average Bonchev–Trinajstić information content (AvgIpc) is 2.13. The van der Waals surface area contributed by atoms with Gasteiger partial charge in [-0.3, -0.25) is 4.79 Å². The highest BCUT2D eigenvalue weighted by Gasteiger charge is 2.49. The Hall–Kier alpha value is -0.780. The van der Waals surface area contributed by atoms with Crippen LogP contribution in [0, 0.1) is 5.92 Å². The predicted molar refractivity (Wildman–Crippen MR) is 56.4 cm³/mol. The van der Waals surface area contributed by atoms with Gasteiger partial charge in [-0.25, -0.2) is 0 Å². The van der Waals surface area contributed by atoms with E-state index in [-0.39, 0.29) is 6.42 Å². The first kappa shape index (κ1) is 14.3. The second kappa shape index (κ2) is 4.84. The lowest BCUT2D eigenvalue weighted by atomic mass is 9.90. The van der Waals surface area contributed by atoms with Gasteiger partial charge in [0, 0.05) is 0 Å². The standard InChI is InChI=1S/C11H18F3NO2/c1-10(2,3)17-9(16)8-7(11(12,13)14)5-4-6-15-8/h7-8,15H,4-6H2,1-3H3/t7-,8+/m0/s1. The van der Waals surface area contributed by atoms with Crippen molar-refractivity contribution < 1.29 is 22.7 Å². The van der Waals surface area contributed by atoms with E-state index in [0.29, 0.717) is 13.0 Å². The Balaban J connectivity index is 2.75. The van der Waals surface area contributed by atoms with Crippen molar-refractivity contribution in [3.8, 4) is 0 Å². The van der Waals surface area contributed by atoms with Crippen LogP contribution in [0.3, 0.4) is 0 Å². The molecule has 1 rings (SSSR count). The molecule has 17 heavy (non-hydrogen) atoms. The molecule has 1 aliphatic rings. The number of carbonyl (C=O) groups excluding carboxylic acids is 1. The molecule has 0 aromatic rings. The maximum Gasteiger partial charge on any atom is 0.393 e. The largest absolute Gasteiger partial charge is 0.459 e. The molecule has 1 fully saturated rings. The number of hydrogen-bond donors (Lipinski definition) is 1. The summed E-state index contributed by atoms with van der Waals surface area (Å²) in [7, 11) is 0. The van der Waals surface area contributed by atoms with Crippen molar-refractivity contribution in [3.05, 3.63) is 0 Å². The van der Waals surface area contributed by atoms with Crippen molar-refractivity contribution in [2.45, 2.75) is 51.4 Å². The van der Waals surface area contributed by atoms with Gasteiger partial charge in [0.25, 0.3) is 0 Å². The first-order valence-corrected chi connectivity index (χ1v) is 5.64. The van der Waals surface area contributed by atoms with Crippen LogP contribution in [0.5, 0.6) is 0 Å². The number of nitrogens with one attached hydrogen (secondary N) is 1. The molecule has 0 bridgehead atoms. The van der Waals surface area contributed by atoms with Crippen LogP contribution in [0.1, 0.15) is 33.6 Å². The lowest BCUT2D eigenvalue weighted by molar-refractivity contribution is -0.200. The molecule has 0 spiro atoms. The van der Waals surface area contributed by atoms with E-state index in [9.17, 15) is 18.0 Å². The summed E-state index contributed by atoms with van der Waals surface area (Å²) in [6.45, 7) is 5.32. The minimum Gasteiger partial charge on any atom is -0.459 e. The van der Waals surface area contributed by atoms with Crippen molar-refractivity contribution >= 4 is 5.97 Å². The van der Waals surface area contributed by atoms with Crippen molar-refractivity contribution in [2.75, 3.05) is 6.54 Å². The van der Waals surface area contributed by atoms with Gasteiger partial charge in [-0.05, 0) is 40.2 Å². The summed E-state index contributed by atoms with van der Waals surface area (Å²) in [5, 5.41) is 2.60. The van der Waals surface area contributed by atoms with Gasteiger partial charge in [-0.1, -0.05) is 0 Å². The summed E-state index contributed by atoms with van der Waals surface area (Å²) in [4.78, 5) is 11.7. The SMILES string of the molecule is CC(C)(C)OC(=O)[C@@H]1NCCC[C@@H]1C(F)(F)F. The van der Waals surface area contributed by atoms with Crippen molar-refractivity contribution in [3.63, 3.8) is 0 Å². The van der Waals surface area contributed by atoms with E-state index in [1.54, 1.807) is 20.8 Å². The number of esters is 1. The fourth-order valence-electron chi connectivity index (χ4n) is 1.85. The van der Waals surface area contributed by atoms with E-state index in [1.807, 2.05) is 0 Å². The van der Waals surface area contributed by atoms with Gasteiger partial charge in [0.2, 0.25) is 0 Å². The molecule has 6 heteroatoms. The minimum absolute atomic E-state index is 0.0274. The lowest BCUT2D eigenvalue weighted by Crippen LogP contribution is -2.53. The van der Waals surface area contributed by atoms with Gasteiger partial charge in [0.15, 0.2) is 0 Å². The fraction of sp³-hybridized carbons (Fsp3) is 0.909. The highest BCUT2D eigenvalue weighted by atomic mass is 19.4. The third-order valence-corrected chi connectivity index (χ3v) is 2.54. The first-order chi connectivity index (χ1) is 7.61. The Labute approximate surface area is 98.7 Å². The summed E-state index contributed by atoms with van der Waals surface area (Å²) >= 11 is 0. The molecule has 3 nitrogen and oxygen atoms in total. The van der Waals surface area contributed by atoms with Gasteiger partial charge < -0.3 is 10.1 Å². The minimum atomic E-state index is -4.37. The van der Waals surface area contributed by atoms with Crippen LogP contribution in [-0.4, -0.2) is 30.3 Å². The summed E-state index contributed by atoms with van der Waals surface area (Å²) in [6.07, 6.45) is -3.97. The Morgan fingerprint density at radius 1 is 1.29 bits per heavy atom. The summed E-state index contributed by atoms with van der Waals surface area (Å²) < 4.78 is 43.2. The molecule has 0 amide bonds. The molecule has 0 unspecified atom stereocenters. The Bertz CT molecular complexity index is 283. The van der Waals surface area contributed by atoms with Gasteiger partial charge in [0.1, 0.15) is 11.6 Å². The smallest absolute Gasteiger partial charge is 0.393 e. The molecule has 2 atom stereocenters. The van der Waals surface area contributed by atoms with Crippen LogP contribution in [-0.2, 0) is 9.53 Å². The third kappa shape index (κ3) is 4.18.